The molecule has 2 saturated heterocycles. The number of hydrogen-bond donors (Lipinski definition) is 5. The van der Waals surface area contributed by atoms with Crippen LogP contribution in [0, 0.1) is 0 Å². The van der Waals surface area contributed by atoms with Crippen LogP contribution in [0.1, 0.15) is 36.4 Å². The van der Waals surface area contributed by atoms with E-state index in [1.165, 1.54) is 4.52 Å². The summed E-state index contributed by atoms with van der Waals surface area (Å²) in [6, 6.07) is 12.0. The first-order valence-corrected chi connectivity index (χ1v) is 15.8. The largest absolute Gasteiger partial charge is 0.387 e. The van der Waals surface area contributed by atoms with E-state index in [0.717, 1.165) is 30.6 Å². The number of aromatic nitrogens is 3. The number of halogens is 1. The molecule has 2 aliphatic heterocycles. The highest BCUT2D eigenvalue weighted by molar-refractivity contribution is 7.70. The third kappa shape index (κ3) is 5.68. The van der Waals surface area contributed by atoms with Crippen LogP contribution in [-0.4, -0.2) is 76.9 Å². The zero-order valence-electron chi connectivity index (χ0n) is 19.9. The van der Waals surface area contributed by atoms with Crippen molar-refractivity contribution in [3.05, 3.63) is 59.1 Å². The van der Waals surface area contributed by atoms with Gasteiger partial charge in [0.2, 0.25) is 0 Å². The van der Waals surface area contributed by atoms with Crippen LogP contribution in [0.15, 0.2) is 42.6 Å². The molecule has 206 valence electrons. The third-order valence-electron chi connectivity index (χ3n) is 6.65. The fraction of sp³-hybridized carbons (Fsp3) is 0.455. The molecule has 0 saturated carbocycles. The normalized spacial score (nSPS) is 27.7. The van der Waals surface area contributed by atoms with Gasteiger partial charge >= 0.3 is 15.2 Å². The minimum Gasteiger partial charge on any atom is -0.387 e. The molecule has 38 heavy (non-hydrogen) atoms. The van der Waals surface area contributed by atoms with Crippen molar-refractivity contribution in [3.8, 4) is 0 Å². The van der Waals surface area contributed by atoms with E-state index in [1.54, 1.807) is 12.3 Å². The Morgan fingerprint density at radius 3 is 2.58 bits per heavy atom. The molecule has 2 aliphatic rings. The van der Waals surface area contributed by atoms with Crippen molar-refractivity contribution in [1.29, 1.82) is 0 Å². The van der Waals surface area contributed by atoms with Gasteiger partial charge in [-0.2, -0.15) is 5.10 Å². The minimum absolute atomic E-state index is 0.121. The summed E-state index contributed by atoms with van der Waals surface area (Å²) in [6.07, 6.45) is -2.01. The van der Waals surface area contributed by atoms with Crippen molar-refractivity contribution in [1.82, 2.24) is 14.6 Å². The van der Waals surface area contributed by atoms with Crippen molar-refractivity contribution in [2.75, 3.05) is 24.0 Å². The lowest BCUT2D eigenvalue weighted by molar-refractivity contribution is -0.0217. The summed E-state index contributed by atoms with van der Waals surface area (Å²) in [6.45, 7) is 0.0877. The van der Waals surface area contributed by atoms with E-state index < -0.39 is 52.1 Å². The molecule has 13 nitrogen and oxygen atoms in total. The van der Waals surface area contributed by atoms with Crippen molar-refractivity contribution in [3.63, 3.8) is 0 Å². The molecule has 0 amide bonds. The Labute approximate surface area is 222 Å². The van der Waals surface area contributed by atoms with Crippen LogP contribution in [0.2, 0.25) is 5.15 Å². The molecule has 4 heterocycles. The van der Waals surface area contributed by atoms with Gasteiger partial charge in [0.25, 0.3) is 0 Å². The van der Waals surface area contributed by atoms with Crippen molar-refractivity contribution < 1.29 is 43.3 Å². The summed E-state index contributed by atoms with van der Waals surface area (Å²) in [5, 5.41) is 25.7. The number of ether oxygens (including phenoxy) is 1. The van der Waals surface area contributed by atoms with Gasteiger partial charge in [-0.15, -0.1) is 0 Å². The lowest BCUT2D eigenvalue weighted by atomic mass is 10.0. The van der Waals surface area contributed by atoms with Gasteiger partial charge in [-0.25, -0.2) is 9.50 Å². The number of benzene rings is 1. The Hall–Kier alpha value is -1.89. The quantitative estimate of drug-likeness (QED) is 0.242. The highest BCUT2D eigenvalue weighted by Gasteiger charge is 2.47. The molecular weight excluding hydrogens is 562 g/mol. The molecule has 5 rings (SSSR count). The van der Waals surface area contributed by atoms with E-state index in [2.05, 4.69) is 27.1 Å². The van der Waals surface area contributed by atoms with Gasteiger partial charge in [0.15, 0.2) is 16.9 Å². The second-order valence-electron chi connectivity index (χ2n) is 9.34. The molecule has 5 N–H and O–H groups in total. The summed E-state index contributed by atoms with van der Waals surface area (Å²) in [5.74, 6) is -1.23. The number of anilines is 1. The maximum Gasteiger partial charge on any atom is 0.340 e. The molecule has 6 atom stereocenters. The predicted molar refractivity (Wildman–Crippen MR) is 136 cm³/mol. The Balaban J connectivity index is 1.41. The van der Waals surface area contributed by atoms with Crippen LogP contribution in [0.3, 0.4) is 0 Å². The van der Waals surface area contributed by atoms with Gasteiger partial charge < -0.3 is 39.1 Å². The molecular formula is C22H27ClN4O9P2. The molecule has 0 bridgehead atoms. The molecule has 16 heteroatoms. The Kier molecular flexibility index (Phi) is 7.71. The topological polar surface area (TPSA) is 187 Å². The highest BCUT2D eigenvalue weighted by atomic mass is 35.5. The van der Waals surface area contributed by atoms with Gasteiger partial charge in [-0.05, 0) is 18.4 Å². The summed E-state index contributed by atoms with van der Waals surface area (Å²) < 4.78 is 35.0. The van der Waals surface area contributed by atoms with Gasteiger partial charge in [0, 0.05) is 12.6 Å². The van der Waals surface area contributed by atoms with Crippen LogP contribution in [0.25, 0.3) is 5.52 Å². The molecule has 0 aliphatic carbocycles. The SMILES string of the molecule is O=P(O)(O)CP(=O)(O)OC[C@H]1O[C@@H](c2ncc3c(N4CCC[C@H]4c4ccccc4)cc(Cl)nn23)[C@H](O)[C@@H]1O. The van der Waals surface area contributed by atoms with Crippen LogP contribution in [0.5, 0.6) is 0 Å². The van der Waals surface area contributed by atoms with Crippen molar-refractivity contribution >= 4 is 38.0 Å². The van der Waals surface area contributed by atoms with Gasteiger partial charge in [-0.1, -0.05) is 41.9 Å². The maximum atomic E-state index is 12.0. The number of fused-ring (bicyclic) bond motifs is 1. The number of hydrogen-bond acceptors (Lipinski definition) is 9. The standard InChI is InChI=1S/C22H27ClN4O9P2/c23-18-9-15(26-8-4-7-14(26)13-5-2-1-3-6-13)16-10-24-22(27(16)25-18)21-20(29)19(28)17(36-21)11-35-38(33,34)12-37(30,31)32/h1-3,5-6,9-10,14,17,19-21,28-29H,4,7-8,11-12H2,(H,33,34)(H2,30,31,32)/t14-,17+,19+,20+,21+/m0/s1. The Morgan fingerprint density at radius 1 is 1.13 bits per heavy atom. The van der Waals surface area contributed by atoms with E-state index in [0.29, 0.717) is 5.52 Å². The van der Waals surface area contributed by atoms with E-state index in [1.807, 2.05) is 18.2 Å². The number of nitrogens with zero attached hydrogens (tertiary/aromatic N) is 4. The molecule has 1 unspecified atom stereocenters. The Bertz CT molecular complexity index is 1400. The smallest absolute Gasteiger partial charge is 0.340 e. The lowest BCUT2D eigenvalue weighted by Crippen LogP contribution is -2.33. The fourth-order valence-corrected chi connectivity index (χ4v) is 7.76. The molecule has 0 spiro atoms. The number of imidazole rings is 1. The predicted octanol–water partition coefficient (Wildman–Crippen LogP) is 2.22. The van der Waals surface area contributed by atoms with Gasteiger partial charge in [-0.3, -0.25) is 9.13 Å². The third-order valence-corrected chi connectivity index (χ3v) is 10.3. The number of aliphatic hydroxyl groups is 2. The number of rotatable bonds is 8. The lowest BCUT2D eigenvalue weighted by Gasteiger charge is -2.28. The zero-order chi connectivity index (χ0) is 27.2. The average Bonchev–Trinajstić information content (AvgIpc) is 3.55. The summed E-state index contributed by atoms with van der Waals surface area (Å²) in [7, 11) is -9.51. The second kappa shape index (κ2) is 10.6. The van der Waals surface area contributed by atoms with Gasteiger partial charge in [0.1, 0.15) is 29.9 Å². The highest BCUT2D eigenvalue weighted by Crippen LogP contribution is 2.55. The molecule has 2 aromatic heterocycles. The van der Waals surface area contributed by atoms with Crippen molar-refractivity contribution in [2.24, 2.45) is 0 Å². The van der Waals surface area contributed by atoms with Crippen LogP contribution in [0.4, 0.5) is 5.69 Å². The number of aliphatic hydroxyl groups excluding tert-OH is 2. The Morgan fingerprint density at radius 2 is 1.87 bits per heavy atom. The first kappa shape index (κ1) is 27.7. The fourth-order valence-electron chi connectivity index (χ4n) is 5.02. The van der Waals surface area contributed by atoms with E-state index in [-0.39, 0.29) is 17.0 Å². The first-order valence-electron chi connectivity index (χ1n) is 11.8. The summed E-state index contributed by atoms with van der Waals surface area (Å²) in [5.41, 5.74) is 2.57. The van der Waals surface area contributed by atoms with E-state index >= 15 is 0 Å². The second-order valence-corrected chi connectivity index (χ2v) is 13.7. The maximum absolute atomic E-state index is 12.0. The van der Waals surface area contributed by atoms with E-state index in [4.69, 9.17) is 30.6 Å². The summed E-state index contributed by atoms with van der Waals surface area (Å²) in [4.78, 5) is 34.3. The molecule has 1 aromatic carbocycles. The van der Waals surface area contributed by atoms with Crippen LogP contribution >= 0.6 is 26.8 Å². The molecule has 3 aromatic rings. The zero-order valence-corrected chi connectivity index (χ0v) is 22.4. The van der Waals surface area contributed by atoms with Crippen molar-refractivity contribution in [2.45, 2.75) is 43.3 Å². The van der Waals surface area contributed by atoms with Gasteiger partial charge in [0.05, 0.1) is 24.5 Å². The monoisotopic (exact) mass is 588 g/mol. The van der Waals surface area contributed by atoms with Crippen LogP contribution < -0.4 is 4.90 Å². The van der Waals surface area contributed by atoms with Crippen LogP contribution in [-0.2, 0) is 18.4 Å². The minimum atomic E-state index is -4.83. The average molecular weight is 589 g/mol. The molecule has 2 fully saturated rings. The molecule has 0 radical (unpaired) electrons. The van der Waals surface area contributed by atoms with E-state index in [9.17, 15) is 24.2 Å². The summed E-state index contributed by atoms with van der Waals surface area (Å²) >= 11 is 6.40. The first-order chi connectivity index (χ1) is 17.9.